The van der Waals surface area contributed by atoms with Crippen LogP contribution in [0.4, 0.5) is 0 Å². The Morgan fingerprint density at radius 3 is 3.05 bits per heavy atom. The summed E-state index contributed by atoms with van der Waals surface area (Å²) in [6, 6.07) is 0. The third-order valence-corrected chi connectivity index (χ3v) is 3.67. The van der Waals surface area contributed by atoms with Crippen LogP contribution < -0.4 is 0 Å². The van der Waals surface area contributed by atoms with E-state index in [1.807, 2.05) is 0 Å². The van der Waals surface area contributed by atoms with Crippen molar-refractivity contribution in [2.75, 3.05) is 6.61 Å². The van der Waals surface area contributed by atoms with E-state index in [0.717, 1.165) is 12.8 Å². The molecule has 2 atom stereocenters. The molecule has 1 saturated heterocycles. The zero-order valence-corrected chi connectivity index (χ0v) is 12.6. The van der Waals surface area contributed by atoms with Crippen molar-refractivity contribution in [2.45, 2.75) is 32.1 Å². The molecule has 7 nitrogen and oxygen atoms in total. The summed E-state index contributed by atoms with van der Waals surface area (Å²) < 4.78 is 12.4. The van der Waals surface area contributed by atoms with Gasteiger partial charge in [-0.15, -0.1) is 0 Å². The van der Waals surface area contributed by atoms with E-state index in [-0.39, 0.29) is 35.3 Å². The highest BCUT2D eigenvalue weighted by Gasteiger charge is 2.29. The molecule has 0 unspecified atom stereocenters. The van der Waals surface area contributed by atoms with Gasteiger partial charge in [0.2, 0.25) is 5.28 Å². The molecule has 112 valence electrons. The molecule has 0 bridgehead atoms. The number of ether oxygens (including phenoxy) is 2. The first-order valence-corrected chi connectivity index (χ1v) is 7.15. The summed E-state index contributed by atoms with van der Waals surface area (Å²) in [5.41, 5.74) is 0.526. The number of carbonyl (C=O) groups excluding carboxylic acids is 1. The van der Waals surface area contributed by atoms with Crippen LogP contribution in [0.1, 0.15) is 26.0 Å². The topological polar surface area (TPSA) is 79.1 Å². The second-order valence-corrected chi connectivity index (χ2v) is 5.40. The number of fused-ring (bicyclic) bond motifs is 1. The van der Waals surface area contributed by atoms with E-state index in [2.05, 4.69) is 15.1 Å². The molecule has 0 N–H and O–H groups in total. The molecule has 2 aromatic heterocycles. The lowest BCUT2D eigenvalue weighted by Gasteiger charge is -2.14. The standard InChI is InChI=1S/C12H12Cl2N4O3/c1-6(19)20-5-7-2-3-9(21-7)18-11-8(4-15-18)10(13)16-12(14)17-11/h4,7,9H,2-3,5H2,1H3/t7-,9-/m1/s1. The van der Waals surface area contributed by atoms with E-state index >= 15 is 0 Å². The van der Waals surface area contributed by atoms with E-state index in [9.17, 15) is 4.79 Å². The summed E-state index contributed by atoms with van der Waals surface area (Å²) in [6.07, 6.45) is 2.65. The van der Waals surface area contributed by atoms with Crippen molar-refractivity contribution in [3.8, 4) is 0 Å². The summed E-state index contributed by atoms with van der Waals surface area (Å²) in [7, 11) is 0. The predicted octanol–water partition coefficient (Wildman–Crippen LogP) is 2.37. The normalized spacial score (nSPS) is 21.9. The van der Waals surface area contributed by atoms with E-state index in [1.165, 1.54) is 6.92 Å². The molecule has 0 aromatic carbocycles. The minimum atomic E-state index is -0.321. The van der Waals surface area contributed by atoms with Crippen LogP contribution in [0.15, 0.2) is 6.20 Å². The molecule has 9 heteroatoms. The SMILES string of the molecule is CC(=O)OC[C@H]1CC[C@H](n2ncc3c(Cl)nc(Cl)nc32)O1. The van der Waals surface area contributed by atoms with Crippen LogP contribution in [-0.2, 0) is 14.3 Å². The monoisotopic (exact) mass is 330 g/mol. The quantitative estimate of drug-likeness (QED) is 0.488. The highest BCUT2D eigenvalue weighted by atomic mass is 35.5. The first kappa shape index (κ1) is 14.5. The van der Waals surface area contributed by atoms with Gasteiger partial charge in [0, 0.05) is 6.92 Å². The Morgan fingerprint density at radius 2 is 2.29 bits per heavy atom. The molecule has 3 rings (SSSR count). The largest absolute Gasteiger partial charge is 0.463 e. The summed E-state index contributed by atoms with van der Waals surface area (Å²) in [4.78, 5) is 18.8. The van der Waals surface area contributed by atoms with Crippen molar-refractivity contribution in [2.24, 2.45) is 0 Å². The number of hydrogen-bond acceptors (Lipinski definition) is 6. The third kappa shape index (κ3) is 2.95. The van der Waals surface area contributed by atoms with Gasteiger partial charge in [0.1, 0.15) is 11.8 Å². The Balaban J connectivity index is 1.81. The van der Waals surface area contributed by atoms with Gasteiger partial charge in [0.15, 0.2) is 11.9 Å². The van der Waals surface area contributed by atoms with Gasteiger partial charge in [0.25, 0.3) is 0 Å². The summed E-state index contributed by atoms with van der Waals surface area (Å²) >= 11 is 11.8. The van der Waals surface area contributed by atoms with Crippen LogP contribution in [0.25, 0.3) is 11.0 Å². The Hall–Kier alpha value is -1.44. The number of halogens is 2. The lowest BCUT2D eigenvalue weighted by atomic mass is 10.2. The zero-order valence-electron chi connectivity index (χ0n) is 11.1. The van der Waals surface area contributed by atoms with Gasteiger partial charge < -0.3 is 9.47 Å². The fourth-order valence-corrected chi connectivity index (χ4v) is 2.70. The number of nitrogens with zero attached hydrogens (tertiary/aromatic N) is 4. The zero-order chi connectivity index (χ0) is 15.0. The van der Waals surface area contributed by atoms with Gasteiger partial charge in [-0.1, -0.05) is 11.6 Å². The van der Waals surface area contributed by atoms with Crippen LogP contribution >= 0.6 is 23.2 Å². The molecule has 3 heterocycles. The molecule has 0 amide bonds. The smallest absolute Gasteiger partial charge is 0.302 e. The first-order chi connectivity index (χ1) is 10.0. The average molecular weight is 331 g/mol. The summed E-state index contributed by atoms with van der Waals surface area (Å²) in [5, 5.41) is 5.18. The first-order valence-electron chi connectivity index (χ1n) is 6.39. The van der Waals surface area contributed by atoms with Crippen molar-refractivity contribution in [1.29, 1.82) is 0 Å². The van der Waals surface area contributed by atoms with Crippen molar-refractivity contribution < 1.29 is 14.3 Å². The van der Waals surface area contributed by atoms with Crippen molar-refractivity contribution in [3.05, 3.63) is 16.6 Å². The number of carbonyl (C=O) groups is 1. The predicted molar refractivity (Wildman–Crippen MR) is 75.1 cm³/mol. The Bertz CT molecular complexity index is 690. The lowest BCUT2D eigenvalue weighted by molar-refractivity contribution is -0.145. The number of esters is 1. The van der Waals surface area contributed by atoms with Gasteiger partial charge in [0.05, 0.1) is 17.7 Å². The molecule has 21 heavy (non-hydrogen) atoms. The Kier molecular flexibility index (Phi) is 3.97. The molecule has 2 aromatic rings. The molecule has 0 aliphatic carbocycles. The molecule has 0 saturated carbocycles. The number of aromatic nitrogens is 4. The van der Waals surface area contributed by atoms with Gasteiger partial charge in [-0.3, -0.25) is 4.79 Å². The molecule has 0 radical (unpaired) electrons. The Labute approximate surface area is 130 Å². The molecule has 0 spiro atoms. The second-order valence-electron chi connectivity index (χ2n) is 4.70. The van der Waals surface area contributed by atoms with Gasteiger partial charge >= 0.3 is 5.97 Å². The van der Waals surface area contributed by atoms with Gasteiger partial charge in [-0.25, -0.2) is 9.67 Å². The lowest BCUT2D eigenvalue weighted by Crippen LogP contribution is -2.18. The third-order valence-electron chi connectivity index (χ3n) is 3.21. The maximum absolute atomic E-state index is 10.8. The highest BCUT2D eigenvalue weighted by Crippen LogP contribution is 2.31. The molecule has 1 fully saturated rings. The van der Waals surface area contributed by atoms with Crippen molar-refractivity contribution in [1.82, 2.24) is 19.7 Å². The Morgan fingerprint density at radius 1 is 1.48 bits per heavy atom. The van der Waals surface area contributed by atoms with E-state index in [4.69, 9.17) is 32.7 Å². The van der Waals surface area contributed by atoms with Crippen LogP contribution in [0.5, 0.6) is 0 Å². The molecule has 1 aliphatic rings. The molecule has 1 aliphatic heterocycles. The maximum Gasteiger partial charge on any atom is 0.302 e. The summed E-state index contributed by atoms with van der Waals surface area (Å²) in [5.74, 6) is -0.321. The minimum absolute atomic E-state index is 0.0590. The van der Waals surface area contributed by atoms with E-state index < -0.39 is 0 Å². The fourth-order valence-electron chi connectivity index (χ4n) is 2.28. The highest BCUT2D eigenvalue weighted by molar-refractivity contribution is 6.35. The molecular weight excluding hydrogens is 319 g/mol. The average Bonchev–Trinajstić information content (AvgIpc) is 3.02. The van der Waals surface area contributed by atoms with Crippen molar-refractivity contribution in [3.63, 3.8) is 0 Å². The number of rotatable bonds is 3. The number of hydrogen-bond donors (Lipinski definition) is 0. The van der Waals surface area contributed by atoms with Crippen LogP contribution in [0.2, 0.25) is 10.4 Å². The van der Waals surface area contributed by atoms with Crippen LogP contribution in [-0.4, -0.2) is 38.4 Å². The molecular formula is C12H12Cl2N4O3. The maximum atomic E-state index is 10.8. The van der Waals surface area contributed by atoms with Crippen molar-refractivity contribution >= 4 is 40.2 Å². The van der Waals surface area contributed by atoms with Crippen LogP contribution in [0, 0.1) is 0 Å². The minimum Gasteiger partial charge on any atom is -0.463 e. The van der Waals surface area contributed by atoms with Gasteiger partial charge in [-0.05, 0) is 24.4 Å². The fraction of sp³-hybridized carbons (Fsp3) is 0.500. The summed E-state index contributed by atoms with van der Waals surface area (Å²) in [6.45, 7) is 1.61. The van der Waals surface area contributed by atoms with E-state index in [1.54, 1.807) is 10.9 Å². The van der Waals surface area contributed by atoms with Gasteiger partial charge in [-0.2, -0.15) is 10.1 Å². The van der Waals surface area contributed by atoms with Crippen LogP contribution in [0.3, 0.4) is 0 Å². The van der Waals surface area contributed by atoms with E-state index in [0.29, 0.717) is 11.0 Å². The second kappa shape index (κ2) is 5.75.